The van der Waals surface area contributed by atoms with Gasteiger partial charge in [-0.05, 0) is 19.1 Å². The highest BCUT2D eigenvalue weighted by Crippen LogP contribution is 2.17. The molecule has 0 aliphatic rings. The number of methoxy groups -OCH3 is 1. The molecule has 8 nitrogen and oxygen atoms in total. The van der Waals surface area contributed by atoms with Crippen LogP contribution in [0.4, 0.5) is 0 Å². The maximum atomic E-state index is 12.0. The summed E-state index contributed by atoms with van der Waals surface area (Å²) in [6.45, 7) is 1.41. The van der Waals surface area contributed by atoms with Gasteiger partial charge in [-0.25, -0.2) is 10.1 Å². The molecule has 0 aliphatic heterocycles. The van der Waals surface area contributed by atoms with Gasteiger partial charge in [0.15, 0.2) is 0 Å². The molecule has 0 bridgehead atoms. The van der Waals surface area contributed by atoms with E-state index in [2.05, 4.69) is 20.5 Å². The van der Waals surface area contributed by atoms with E-state index < -0.39 is 17.5 Å². The lowest BCUT2D eigenvalue weighted by molar-refractivity contribution is 0.0920. The highest BCUT2D eigenvalue weighted by molar-refractivity contribution is 5.94. The highest BCUT2D eigenvalue weighted by atomic mass is 16.5. The van der Waals surface area contributed by atoms with Crippen molar-refractivity contribution in [2.45, 2.75) is 13.0 Å². The van der Waals surface area contributed by atoms with Gasteiger partial charge in [0.05, 0.1) is 19.4 Å². The van der Waals surface area contributed by atoms with Crippen molar-refractivity contribution in [2.24, 2.45) is 0 Å². The van der Waals surface area contributed by atoms with Crippen LogP contribution in [-0.2, 0) is 0 Å². The van der Waals surface area contributed by atoms with Gasteiger partial charge in [-0.15, -0.1) is 0 Å². The van der Waals surface area contributed by atoms with Crippen molar-refractivity contribution in [3.8, 4) is 17.1 Å². The van der Waals surface area contributed by atoms with Gasteiger partial charge in [-0.3, -0.25) is 9.59 Å². The largest absolute Gasteiger partial charge is 0.481 e. The molecule has 3 N–H and O–H groups in total. The predicted molar refractivity (Wildman–Crippen MR) is 78.7 cm³/mol. The standard InChI is InChI=1S/C14H16N4O4/c1-8(7-19)16-13(20)10-5-11(17-18-14(10)21)9-3-4-12(22-2)15-6-9/h3-6,8,19H,7H2,1-2H3,(H,16,20)(H,18,21). The Balaban J connectivity index is 2.33. The molecule has 8 heteroatoms. The van der Waals surface area contributed by atoms with Gasteiger partial charge in [0.1, 0.15) is 5.56 Å². The first-order valence-corrected chi connectivity index (χ1v) is 6.57. The SMILES string of the molecule is COc1ccc(-c2cc(C(=O)NC(C)CO)c(=O)[nH]n2)cn1. The molecule has 0 saturated carbocycles. The van der Waals surface area contributed by atoms with Crippen LogP contribution in [0.5, 0.6) is 5.88 Å². The van der Waals surface area contributed by atoms with E-state index in [0.717, 1.165) is 0 Å². The number of aromatic amines is 1. The molecule has 0 aliphatic carbocycles. The lowest BCUT2D eigenvalue weighted by atomic mass is 10.1. The van der Waals surface area contributed by atoms with Crippen molar-refractivity contribution in [2.75, 3.05) is 13.7 Å². The van der Waals surface area contributed by atoms with Crippen molar-refractivity contribution in [1.29, 1.82) is 0 Å². The van der Waals surface area contributed by atoms with Crippen LogP contribution in [0.1, 0.15) is 17.3 Å². The van der Waals surface area contributed by atoms with E-state index in [9.17, 15) is 9.59 Å². The number of carbonyl (C=O) groups is 1. The van der Waals surface area contributed by atoms with E-state index in [1.807, 2.05) is 0 Å². The Labute approximate surface area is 126 Å². The van der Waals surface area contributed by atoms with Gasteiger partial charge in [0.25, 0.3) is 11.5 Å². The zero-order valence-electron chi connectivity index (χ0n) is 12.2. The van der Waals surface area contributed by atoms with E-state index in [4.69, 9.17) is 9.84 Å². The molecule has 0 radical (unpaired) electrons. The number of nitrogens with one attached hydrogen (secondary N) is 2. The first kappa shape index (κ1) is 15.6. The summed E-state index contributed by atoms with van der Waals surface area (Å²) in [5, 5.41) is 17.6. The van der Waals surface area contributed by atoms with E-state index in [-0.39, 0.29) is 12.2 Å². The number of hydrogen-bond donors (Lipinski definition) is 3. The highest BCUT2D eigenvalue weighted by Gasteiger charge is 2.15. The smallest absolute Gasteiger partial charge is 0.277 e. The van der Waals surface area contributed by atoms with E-state index in [0.29, 0.717) is 17.1 Å². The summed E-state index contributed by atoms with van der Waals surface area (Å²) in [5.74, 6) is -0.129. The second-order valence-corrected chi connectivity index (χ2v) is 4.64. The molecule has 2 heterocycles. The molecule has 2 aromatic heterocycles. The number of H-pyrrole nitrogens is 1. The van der Waals surface area contributed by atoms with Crippen molar-refractivity contribution in [1.82, 2.24) is 20.5 Å². The Hall–Kier alpha value is -2.74. The summed E-state index contributed by atoms with van der Waals surface area (Å²) in [7, 11) is 1.50. The van der Waals surface area contributed by atoms with Crippen LogP contribution in [0.3, 0.4) is 0 Å². The quantitative estimate of drug-likeness (QED) is 0.713. The summed E-state index contributed by atoms with van der Waals surface area (Å²) in [4.78, 5) is 27.8. The molecule has 1 amide bonds. The van der Waals surface area contributed by atoms with Crippen molar-refractivity contribution in [3.05, 3.63) is 40.3 Å². The van der Waals surface area contributed by atoms with Gasteiger partial charge < -0.3 is 15.2 Å². The van der Waals surface area contributed by atoms with Gasteiger partial charge >= 0.3 is 0 Å². The van der Waals surface area contributed by atoms with Crippen LogP contribution in [0.25, 0.3) is 11.3 Å². The normalized spacial score (nSPS) is 11.8. The number of nitrogens with zero attached hydrogens (tertiary/aromatic N) is 2. The van der Waals surface area contributed by atoms with Gasteiger partial charge in [0, 0.05) is 23.9 Å². The van der Waals surface area contributed by atoms with Crippen LogP contribution in [0, 0.1) is 0 Å². The first-order valence-electron chi connectivity index (χ1n) is 6.57. The zero-order chi connectivity index (χ0) is 16.1. The van der Waals surface area contributed by atoms with Crippen LogP contribution >= 0.6 is 0 Å². The average Bonchev–Trinajstić information content (AvgIpc) is 2.55. The lowest BCUT2D eigenvalue weighted by Crippen LogP contribution is -2.38. The molecule has 116 valence electrons. The number of aliphatic hydroxyl groups excluding tert-OH is 1. The topological polar surface area (TPSA) is 117 Å². The molecule has 0 saturated heterocycles. The molecule has 1 unspecified atom stereocenters. The third-order valence-corrected chi connectivity index (χ3v) is 2.94. The molecular formula is C14H16N4O4. The maximum Gasteiger partial charge on any atom is 0.277 e. The van der Waals surface area contributed by atoms with Crippen LogP contribution in [0.2, 0.25) is 0 Å². The third kappa shape index (κ3) is 3.47. The summed E-state index contributed by atoms with van der Waals surface area (Å²) in [5.41, 5.74) is 0.340. The molecule has 22 heavy (non-hydrogen) atoms. The zero-order valence-corrected chi connectivity index (χ0v) is 12.2. The average molecular weight is 304 g/mol. The number of rotatable bonds is 5. The number of pyridine rings is 1. The van der Waals surface area contributed by atoms with Crippen LogP contribution in [-0.4, -0.2) is 46.0 Å². The number of ether oxygens (including phenoxy) is 1. The molecule has 0 spiro atoms. The number of amides is 1. The Bertz CT molecular complexity index is 712. The van der Waals surface area contributed by atoms with E-state index in [1.165, 1.54) is 19.4 Å². The Morgan fingerprint density at radius 2 is 2.27 bits per heavy atom. The first-order chi connectivity index (χ1) is 10.5. The van der Waals surface area contributed by atoms with E-state index in [1.54, 1.807) is 19.1 Å². The minimum absolute atomic E-state index is 0.0823. The summed E-state index contributed by atoms with van der Waals surface area (Å²) in [6, 6.07) is 4.29. The molecule has 1 atom stereocenters. The van der Waals surface area contributed by atoms with Gasteiger partial charge in [0.2, 0.25) is 5.88 Å². The lowest BCUT2D eigenvalue weighted by Gasteiger charge is -2.10. The van der Waals surface area contributed by atoms with Crippen molar-refractivity contribution < 1.29 is 14.6 Å². The molecule has 0 fully saturated rings. The number of hydrogen-bond acceptors (Lipinski definition) is 6. The van der Waals surface area contributed by atoms with Gasteiger partial charge in [-0.1, -0.05) is 0 Å². The Morgan fingerprint density at radius 1 is 1.50 bits per heavy atom. The fourth-order valence-corrected chi connectivity index (χ4v) is 1.72. The van der Waals surface area contributed by atoms with Gasteiger partial charge in [-0.2, -0.15) is 5.10 Å². The van der Waals surface area contributed by atoms with Crippen molar-refractivity contribution >= 4 is 5.91 Å². The molecule has 0 aromatic carbocycles. The summed E-state index contributed by atoms with van der Waals surface area (Å²) >= 11 is 0. The second kappa shape index (κ2) is 6.81. The second-order valence-electron chi connectivity index (χ2n) is 4.64. The number of carbonyl (C=O) groups excluding carboxylic acids is 1. The maximum absolute atomic E-state index is 12.0. The van der Waals surface area contributed by atoms with Crippen molar-refractivity contribution in [3.63, 3.8) is 0 Å². The monoisotopic (exact) mass is 304 g/mol. The molecule has 2 rings (SSSR count). The molecule has 2 aromatic rings. The Kier molecular flexibility index (Phi) is 4.84. The van der Waals surface area contributed by atoms with E-state index >= 15 is 0 Å². The summed E-state index contributed by atoms with van der Waals surface area (Å²) in [6.07, 6.45) is 1.53. The minimum Gasteiger partial charge on any atom is -0.481 e. The summed E-state index contributed by atoms with van der Waals surface area (Å²) < 4.78 is 4.97. The van der Waals surface area contributed by atoms with Crippen LogP contribution in [0.15, 0.2) is 29.2 Å². The fourth-order valence-electron chi connectivity index (χ4n) is 1.72. The molecular weight excluding hydrogens is 288 g/mol. The number of aliphatic hydroxyl groups is 1. The fraction of sp³-hybridized carbons (Fsp3) is 0.286. The Morgan fingerprint density at radius 3 is 2.86 bits per heavy atom. The number of aromatic nitrogens is 3. The predicted octanol–water partition coefficient (Wildman–Crippen LogP) is -0.0489. The van der Waals surface area contributed by atoms with Crippen LogP contribution < -0.4 is 15.6 Å². The minimum atomic E-state index is -0.604. The third-order valence-electron chi connectivity index (χ3n) is 2.94.